The first-order chi connectivity index (χ1) is 11.7. The SMILES string of the molecule is CCOC(=O)/C=C(C)/C=C/C=C(C)/C=C/C1=C(C)C[C@@H](O)CC1(C)C. The molecule has 0 heterocycles. The normalized spacial score (nSPS) is 22.1. The standard InChI is InChI=1S/C22H32O3/c1-7-25-21(24)13-17(3)10-8-9-16(2)11-12-20-18(4)14-19(23)15-22(20,5)6/h8-13,19,23H,7,14-15H2,1-6H3/b10-8+,12-11+,16-9+,17-13+/t19-/m1/s1. The Morgan fingerprint density at radius 2 is 1.96 bits per heavy atom. The Balaban J connectivity index is 2.78. The molecule has 0 aromatic carbocycles. The number of carbonyl (C=O) groups excluding carboxylic acids is 1. The minimum Gasteiger partial charge on any atom is -0.463 e. The van der Waals surface area contributed by atoms with Crippen LogP contribution in [-0.2, 0) is 9.53 Å². The highest BCUT2D eigenvalue weighted by Crippen LogP contribution is 2.40. The Morgan fingerprint density at radius 3 is 2.56 bits per heavy atom. The molecular weight excluding hydrogens is 312 g/mol. The Hall–Kier alpha value is -1.87. The van der Waals surface area contributed by atoms with Crippen molar-refractivity contribution in [2.24, 2.45) is 5.41 Å². The molecule has 1 aliphatic rings. The number of aliphatic hydroxyl groups is 1. The zero-order chi connectivity index (χ0) is 19.0. The molecule has 0 aromatic rings. The van der Waals surface area contributed by atoms with Gasteiger partial charge in [-0.25, -0.2) is 4.79 Å². The van der Waals surface area contributed by atoms with Crippen LogP contribution in [0.25, 0.3) is 0 Å². The minimum atomic E-state index is -0.311. The molecule has 1 rings (SSSR count). The summed E-state index contributed by atoms with van der Waals surface area (Å²) in [7, 11) is 0. The smallest absolute Gasteiger partial charge is 0.330 e. The molecule has 0 fully saturated rings. The molecule has 0 spiro atoms. The Kier molecular flexibility index (Phi) is 8.11. The highest BCUT2D eigenvalue weighted by molar-refractivity contribution is 5.83. The van der Waals surface area contributed by atoms with Gasteiger partial charge >= 0.3 is 5.97 Å². The number of rotatable bonds is 6. The topological polar surface area (TPSA) is 46.5 Å². The van der Waals surface area contributed by atoms with E-state index in [4.69, 9.17) is 4.74 Å². The zero-order valence-electron chi connectivity index (χ0n) is 16.4. The third kappa shape index (κ3) is 7.27. The lowest BCUT2D eigenvalue weighted by molar-refractivity contribution is -0.137. The lowest BCUT2D eigenvalue weighted by atomic mass is 9.71. The molecule has 0 saturated carbocycles. The van der Waals surface area contributed by atoms with E-state index in [0.29, 0.717) is 6.61 Å². The molecule has 0 amide bonds. The number of hydrogen-bond acceptors (Lipinski definition) is 3. The van der Waals surface area contributed by atoms with Crippen molar-refractivity contribution in [1.82, 2.24) is 0 Å². The average Bonchev–Trinajstić information content (AvgIpc) is 2.45. The van der Waals surface area contributed by atoms with Gasteiger partial charge in [-0.05, 0) is 57.1 Å². The van der Waals surface area contributed by atoms with Gasteiger partial charge in [0.15, 0.2) is 0 Å². The van der Waals surface area contributed by atoms with Crippen molar-refractivity contribution in [2.75, 3.05) is 6.61 Å². The molecule has 0 saturated heterocycles. The van der Waals surface area contributed by atoms with E-state index in [1.807, 2.05) is 32.1 Å². The highest BCUT2D eigenvalue weighted by Gasteiger charge is 2.31. The molecule has 1 atom stereocenters. The van der Waals surface area contributed by atoms with Crippen LogP contribution in [0.2, 0.25) is 0 Å². The van der Waals surface area contributed by atoms with Crippen LogP contribution < -0.4 is 0 Å². The van der Waals surface area contributed by atoms with Crippen LogP contribution in [-0.4, -0.2) is 23.8 Å². The third-order valence-electron chi connectivity index (χ3n) is 4.34. The maximum Gasteiger partial charge on any atom is 0.330 e. The second-order valence-electron chi connectivity index (χ2n) is 7.38. The molecule has 1 N–H and O–H groups in total. The van der Waals surface area contributed by atoms with Gasteiger partial charge in [0.05, 0.1) is 12.7 Å². The van der Waals surface area contributed by atoms with Crippen molar-refractivity contribution < 1.29 is 14.6 Å². The van der Waals surface area contributed by atoms with Crippen molar-refractivity contribution in [3.05, 3.63) is 58.7 Å². The van der Waals surface area contributed by atoms with Crippen LogP contribution >= 0.6 is 0 Å². The van der Waals surface area contributed by atoms with Crippen LogP contribution in [0.3, 0.4) is 0 Å². The van der Waals surface area contributed by atoms with Crippen LogP contribution in [0.5, 0.6) is 0 Å². The fourth-order valence-corrected chi connectivity index (χ4v) is 3.22. The summed E-state index contributed by atoms with van der Waals surface area (Å²) in [4.78, 5) is 11.4. The molecule has 3 heteroatoms. The second kappa shape index (κ2) is 9.57. The molecule has 3 nitrogen and oxygen atoms in total. The van der Waals surface area contributed by atoms with Gasteiger partial charge in [0.2, 0.25) is 0 Å². The lowest BCUT2D eigenvalue weighted by Gasteiger charge is -2.35. The molecule has 0 aromatic heterocycles. The highest BCUT2D eigenvalue weighted by atomic mass is 16.5. The number of carbonyl (C=O) groups is 1. The quantitative estimate of drug-likeness (QED) is 0.416. The number of allylic oxidation sites excluding steroid dienone is 8. The van der Waals surface area contributed by atoms with Gasteiger partial charge in [0, 0.05) is 6.08 Å². The molecular formula is C22H32O3. The molecule has 138 valence electrons. The van der Waals surface area contributed by atoms with Crippen molar-refractivity contribution in [3.63, 3.8) is 0 Å². The van der Waals surface area contributed by atoms with Crippen LogP contribution in [0, 0.1) is 5.41 Å². The van der Waals surface area contributed by atoms with Crippen molar-refractivity contribution >= 4 is 5.97 Å². The van der Waals surface area contributed by atoms with Gasteiger partial charge in [-0.3, -0.25) is 0 Å². The van der Waals surface area contributed by atoms with Gasteiger partial charge in [0.1, 0.15) is 0 Å². The number of hydrogen-bond donors (Lipinski definition) is 1. The summed E-state index contributed by atoms with van der Waals surface area (Å²) in [5, 5.41) is 9.96. The van der Waals surface area contributed by atoms with E-state index < -0.39 is 0 Å². The van der Waals surface area contributed by atoms with E-state index in [0.717, 1.165) is 24.0 Å². The van der Waals surface area contributed by atoms with Gasteiger partial charge < -0.3 is 9.84 Å². The second-order valence-corrected chi connectivity index (χ2v) is 7.38. The van der Waals surface area contributed by atoms with Crippen LogP contribution in [0.1, 0.15) is 54.4 Å². The van der Waals surface area contributed by atoms with Crippen molar-refractivity contribution in [3.8, 4) is 0 Å². The van der Waals surface area contributed by atoms with E-state index in [2.05, 4.69) is 32.9 Å². The van der Waals surface area contributed by atoms with Gasteiger partial charge in [-0.1, -0.05) is 55.4 Å². The Bertz CT molecular complexity index is 628. The van der Waals surface area contributed by atoms with Crippen molar-refractivity contribution in [2.45, 2.75) is 60.5 Å². The van der Waals surface area contributed by atoms with Gasteiger partial charge in [-0.2, -0.15) is 0 Å². The molecule has 0 radical (unpaired) electrons. The number of ether oxygens (including phenoxy) is 1. The van der Waals surface area contributed by atoms with E-state index in [1.54, 1.807) is 6.92 Å². The summed E-state index contributed by atoms with van der Waals surface area (Å²) < 4.78 is 4.88. The maximum absolute atomic E-state index is 11.4. The average molecular weight is 344 g/mol. The predicted molar refractivity (Wildman–Crippen MR) is 104 cm³/mol. The van der Waals surface area contributed by atoms with E-state index in [1.165, 1.54) is 17.2 Å². The van der Waals surface area contributed by atoms with Gasteiger partial charge in [-0.15, -0.1) is 0 Å². The van der Waals surface area contributed by atoms with E-state index in [-0.39, 0.29) is 17.5 Å². The zero-order valence-corrected chi connectivity index (χ0v) is 16.4. The van der Waals surface area contributed by atoms with E-state index in [9.17, 15) is 9.90 Å². The third-order valence-corrected chi connectivity index (χ3v) is 4.34. The summed E-state index contributed by atoms with van der Waals surface area (Å²) in [6.45, 7) is 12.6. The van der Waals surface area contributed by atoms with Crippen molar-refractivity contribution in [1.29, 1.82) is 0 Å². The summed E-state index contributed by atoms with van der Waals surface area (Å²) in [5.74, 6) is -0.311. The first-order valence-electron chi connectivity index (χ1n) is 8.92. The fourth-order valence-electron chi connectivity index (χ4n) is 3.22. The summed E-state index contributed by atoms with van der Waals surface area (Å²) in [5.41, 5.74) is 4.55. The minimum absolute atomic E-state index is 0.00661. The Labute approximate surface area is 152 Å². The predicted octanol–water partition coefficient (Wildman–Crippen LogP) is 5.05. The van der Waals surface area contributed by atoms with E-state index >= 15 is 0 Å². The summed E-state index contributed by atoms with van der Waals surface area (Å²) in [6.07, 6.45) is 12.9. The van der Waals surface area contributed by atoms with Crippen LogP contribution in [0.4, 0.5) is 0 Å². The number of aliphatic hydroxyl groups excluding tert-OH is 1. The fraction of sp³-hybridized carbons (Fsp3) is 0.500. The summed E-state index contributed by atoms with van der Waals surface area (Å²) >= 11 is 0. The molecule has 0 unspecified atom stereocenters. The lowest BCUT2D eigenvalue weighted by Crippen LogP contribution is -2.28. The summed E-state index contributed by atoms with van der Waals surface area (Å²) in [6, 6.07) is 0. The molecule has 0 aliphatic heterocycles. The maximum atomic E-state index is 11.4. The van der Waals surface area contributed by atoms with Crippen LogP contribution in [0.15, 0.2) is 58.7 Å². The Morgan fingerprint density at radius 1 is 1.28 bits per heavy atom. The first-order valence-corrected chi connectivity index (χ1v) is 8.92. The molecule has 0 bridgehead atoms. The first kappa shape index (κ1) is 21.2. The van der Waals surface area contributed by atoms with Gasteiger partial charge in [0.25, 0.3) is 0 Å². The molecule has 1 aliphatic carbocycles. The molecule has 25 heavy (non-hydrogen) atoms. The number of esters is 1. The largest absolute Gasteiger partial charge is 0.463 e. The monoisotopic (exact) mass is 344 g/mol.